The third-order valence-electron chi connectivity index (χ3n) is 6.68. The van der Waals surface area contributed by atoms with Crippen molar-refractivity contribution in [2.24, 2.45) is 5.92 Å². The molecule has 2 aliphatic heterocycles. The number of benzene rings is 1. The molecule has 2 aromatic heterocycles. The number of pyridine rings is 1. The zero-order valence-electron chi connectivity index (χ0n) is 18.8. The molecule has 2 fully saturated rings. The molecule has 0 unspecified atom stereocenters. The summed E-state index contributed by atoms with van der Waals surface area (Å²) in [6.07, 6.45) is 6.81. The number of amides is 2. The van der Waals surface area contributed by atoms with Crippen molar-refractivity contribution in [2.75, 3.05) is 56.0 Å². The fourth-order valence-electron chi connectivity index (χ4n) is 4.72. The summed E-state index contributed by atoms with van der Waals surface area (Å²) in [7, 11) is 0. The molecule has 1 aromatic carbocycles. The molecule has 8 nitrogen and oxygen atoms in total. The van der Waals surface area contributed by atoms with Crippen LogP contribution in [-0.4, -0.2) is 71.1 Å². The first-order valence-corrected chi connectivity index (χ1v) is 12.6. The Labute approximate surface area is 198 Å². The maximum absolute atomic E-state index is 12.2. The van der Waals surface area contributed by atoms with E-state index in [4.69, 9.17) is 4.37 Å². The smallest absolute Gasteiger partial charge is 0.333 e. The zero-order valence-corrected chi connectivity index (χ0v) is 19.6. The van der Waals surface area contributed by atoms with Crippen molar-refractivity contribution < 1.29 is 4.79 Å². The number of fused-ring (bicyclic) bond motifs is 1. The Morgan fingerprint density at radius 2 is 1.85 bits per heavy atom. The molecule has 0 saturated carbocycles. The van der Waals surface area contributed by atoms with E-state index in [1.54, 1.807) is 23.9 Å². The molecule has 0 bridgehead atoms. The summed E-state index contributed by atoms with van der Waals surface area (Å²) in [6.45, 7) is 7.24. The van der Waals surface area contributed by atoms with E-state index in [1.165, 1.54) is 16.5 Å². The second-order valence-corrected chi connectivity index (χ2v) is 9.66. The van der Waals surface area contributed by atoms with Gasteiger partial charge in [0.05, 0.1) is 16.6 Å². The van der Waals surface area contributed by atoms with Gasteiger partial charge in [0.2, 0.25) is 0 Å². The highest BCUT2D eigenvalue weighted by atomic mass is 32.1. The Morgan fingerprint density at radius 1 is 1.03 bits per heavy atom. The molecule has 0 atom stereocenters. The van der Waals surface area contributed by atoms with Crippen molar-refractivity contribution in [3.63, 3.8) is 0 Å². The number of nitrogens with zero attached hydrogens (tertiary/aromatic N) is 5. The van der Waals surface area contributed by atoms with Gasteiger partial charge in [0.1, 0.15) is 5.82 Å². The highest BCUT2D eigenvalue weighted by Crippen LogP contribution is 2.30. The molecular weight excluding hydrogens is 434 g/mol. The van der Waals surface area contributed by atoms with Gasteiger partial charge in [0.15, 0.2) is 0 Å². The number of anilines is 2. The lowest BCUT2D eigenvalue weighted by Crippen LogP contribution is -2.49. The van der Waals surface area contributed by atoms with Gasteiger partial charge in [-0.3, -0.25) is 15.3 Å². The van der Waals surface area contributed by atoms with Gasteiger partial charge in [0, 0.05) is 50.9 Å². The molecule has 2 N–H and O–H groups in total. The molecule has 0 radical (unpaired) electrons. The number of hydrazine groups is 1. The average Bonchev–Trinajstić information content (AvgIpc) is 3.29. The number of hydrogen-bond acceptors (Lipinski definition) is 7. The first kappa shape index (κ1) is 22.1. The van der Waals surface area contributed by atoms with Crippen LogP contribution in [0.3, 0.4) is 0 Å². The number of nitrogens with one attached hydrogen (secondary N) is 2. The molecule has 5 rings (SSSR count). The fourth-order valence-corrected chi connectivity index (χ4v) is 5.52. The summed E-state index contributed by atoms with van der Waals surface area (Å²) in [6, 6.07) is 12.0. The maximum Gasteiger partial charge on any atom is 0.333 e. The average molecular weight is 466 g/mol. The normalized spacial score (nSPS) is 18.5. The Bertz CT molecular complexity index is 1040. The number of urea groups is 1. The molecule has 2 saturated heterocycles. The molecule has 4 heterocycles. The number of carbonyl (C=O) groups excluding carboxylic acids is 1. The summed E-state index contributed by atoms with van der Waals surface area (Å²) < 4.78 is 5.99. The summed E-state index contributed by atoms with van der Waals surface area (Å²) in [4.78, 5) is 21.2. The van der Waals surface area contributed by atoms with Crippen molar-refractivity contribution in [1.82, 2.24) is 24.7 Å². The third kappa shape index (κ3) is 5.61. The highest BCUT2D eigenvalue weighted by molar-refractivity contribution is 7.13. The number of piperidine rings is 1. The minimum atomic E-state index is -0.202. The van der Waals surface area contributed by atoms with Gasteiger partial charge < -0.3 is 10.2 Å². The second kappa shape index (κ2) is 10.5. The maximum atomic E-state index is 12.2. The SMILES string of the molecule is O=C(Nc1cccnc1)NN1CCC(CCN2CCN(c3nsc4ccccc34)CC2)CC1. The van der Waals surface area contributed by atoms with E-state index in [1.807, 2.05) is 17.1 Å². The molecular formula is C24H31N7OS. The van der Waals surface area contributed by atoms with E-state index in [9.17, 15) is 4.79 Å². The van der Waals surface area contributed by atoms with Gasteiger partial charge in [0.25, 0.3) is 0 Å². The monoisotopic (exact) mass is 465 g/mol. The molecule has 174 valence electrons. The van der Waals surface area contributed by atoms with Crippen LogP contribution in [0.2, 0.25) is 0 Å². The van der Waals surface area contributed by atoms with E-state index >= 15 is 0 Å². The molecule has 2 amide bonds. The highest BCUT2D eigenvalue weighted by Gasteiger charge is 2.24. The Morgan fingerprint density at radius 3 is 2.64 bits per heavy atom. The van der Waals surface area contributed by atoms with Crippen LogP contribution >= 0.6 is 11.5 Å². The van der Waals surface area contributed by atoms with Gasteiger partial charge >= 0.3 is 6.03 Å². The van der Waals surface area contributed by atoms with Crippen LogP contribution in [-0.2, 0) is 0 Å². The lowest BCUT2D eigenvalue weighted by atomic mass is 9.94. The van der Waals surface area contributed by atoms with Crippen molar-refractivity contribution in [3.05, 3.63) is 48.8 Å². The lowest BCUT2D eigenvalue weighted by Gasteiger charge is -2.37. The van der Waals surface area contributed by atoms with Crippen LogP contribution in [0.15, 0.2) is 48.8 Å². The Balaban J connectivity index is 1.00. The van der Waals surface area contributed by atoms with Crippen LogP contribution in [0.5, 0.6) is 0 Å². The Kier molecular flexibility index (Phi) is 6.99. The van der Waals surface area contributed by atoms with E-state index in [0.29, 0.717) is 5.69 Å². The van der Waals surface area contributed by atoms with Crippen LogP contribution in [0.25, 0.3) is 10.1 Å². The van der Waals surface area contributed by atoms with Crippen molar-refractivity contribution in [1.29, 1.82) is 0 Å². The molecule has 0 spiro atoms. The standard InChI is InChI=1S/C24H31N7OS/c32-24(26-20-4-3-10-25-18-20)27-31-12-8-19(9-13-31)7-11-29-14-16-30(17-15-29)23-21-5-1-2-6-22(21)33-28-23/h1-6,10,18-19H,7-9,11-17H2,(H2,26,27,32). The second-order valence-electron chi connectivity index (χ2n) is 8.86. The number of rotatable bonds is 6. The quantitative estimate of drug-likeness (QED) is 0.579. The van der Waals surface area contributed by atoms with E-state index in [-0.39, 0.29) is 6.03 Å². The summed E-state index contributed by atoms with van der Waals surface area (Å²) in [5.41, 5.74) is 3.66. The molecule has 0 aliphatic carbocycles. The number of piperazine rings is 1. The summed E-state index contributed by atoms with van der Waals surface area (Å²) in [5.74, 6) is 1.88. The first-order valence-electron chi connectivity index (χ1n) is 11.8. The molecule has 3 aromatic rings. The fraction of sp³-hybridized carbons (Fsp3) is 0.458. The minimum absolute atomic E-state index is 0.202. The van der Waals surface area contributed by atoms with Crippen molar-refractivity contribution in [2.45, 2.75) is 19.3 Å². The predicted octanol–water partition coefficient (Wildman–Crippen LogP) is 3.65. The molecule has 2 aliphatic rings. The van der Waals surface area contributed by atoms with Crippen molar-refractivity contribution in [3.8, 4) is 0 Å². The molecule has 33 heavy (non-hydrogen) atoms. The van der Waals surface area contributed by atoms with Gasteiger partial charge in [-0.25, -0.2) is 9.80 Å². The van der Waals surface area contributed by atoms with Crippen LogP contribution in [0, 0.1) is 5.92 Å². The minimum Gasteiger partial charge on any atom is -0.353 e. The van der Waals surface area contributed by atoms with Crippen LogP contribution in [0.1, 0.15) is 19.3 Å². The predicted molar refractivity (Wildman–Crippen MR) is 134 cm³/mol. The topological polar surface area (TPSA) is 76.6 Å². The first-order chi connectivity index (χ1) is 16.2. The van der Waals surface area contributed by atoms with Crippen LogP contribution in [0.4, 0.5) is 16.3 Å². The van der Waals surface area contributed by atoms with Gasteiger partial charge in [-0.2, -0.15) is 4.37 Å². The van der Waals surface area contributed by atoms with Gasteiger partial charge in [-0.15, -0.1) is 0 Å². The zero-order chi connectivity index (χ0) is 22.5. The van der Waals surface area contributed by atoms with E-state index < -0.39 is 0 Å². The van der Waals surface area contributed by atoms with Gasteiger partial charge in [-0.1, -0.05) is 12.1 Å². The molecule has 9 heteroatoms. The van der Waals surface area contributed by atoms with Crippen molar-refractivity contribution >= 4 is 39.2 Å². The number of hydrogen-bond donors (Lipinski definition) is 2. The number of carbonyl (C=O) groups is 1. The lowest BCUT2D eigenvalue weighted by molar-refractivity contribution is 0.125. The van der Waals surface area contributed by atoms with Gasteiger partial charge in [-0.05, 0) is 67.5 Å². The summed E-state index contributed by atoms with van der Waals surface area (Å²) >= 11 is 1.60. The Hall–Kier alpha value is -2.75. The largest absolute Gasteiger partial charge is 0.353 e. The van der Waals surface area contributed by atoms with E-state index in [2.05, 4.69) is 49.8 Å². The third-order valence-corrected chi connectivity index (χ3v) is 7.49. The summed E-state index contributed by atoms with van der Waals surface area (Å²) in [5, 5.41) is 6.13. The van der Waals surface area contributed by atoms with E-state index in [0.717, 1.165) is 70.4 Å². The number of aromatic nitrogens is 2. The van der Waals surface area contributed by atoms with Crippen LogP contribution < -0.4 is 15.6 Å².